The van der Waals surface area contributed by atoms with Gasteiger partial charge in [-0.15, -0.1) is 0 Å². The molecule has 1 heterocycles. The Bertz CT molecular complexity index is 1120. The lowest BCUT2D eigenvalue weighted by molar-refractivity contribution is -0.141. The van der Waals surface area contributed by atoms with Crippen LogP contribution in [0.15, 0.2) is 42.5 Å². The van der Waals surface area contributed by atoms with Gasteiger partial charge in [0.15, 0.2) is 24.7 Å². The second kappa shape index (κ2) is 8.23. The highest BCUT2D eigenvalue weighted by atomic mass is 19.4. The van der Waals surface area contributed by atoms with Crippen LogP contribution in [0.1, 0.15) is 5.69 Å². The van der Waals surface area contributed by atoms with Gasteiger partial charge in [0, 0.05) is 11.6 Å². The summed E-state index contributed by atoms with van der Waals surface area (Å²) in [6.07, 6.45) is -4.79. The van der Waals surface area contributed by atoms with Crippen LogP contribution in [-0.4, -0.2) is 45.3 Å². The number of carboxylic acids is 2. The summed E-state index contributed by atoms with van der Waals surface area (Å²) in [6, 6.07) is 9.82. The Hall–Kier alpha value is -3.89. The molecule has 0 atom stereocenters. The molecule has 1 aromatic heterocycles. The van der Waals surface area contributed by atoms with Crippen molar-refractivity contribution in [3.63, 3.8) is 0 Å². The van der Waals surface area contributed by atoms with E-state index in [2.05, 4.69) is 9.97 Å². The summed E-state index contributed by atoms with van der Waals surface area (Å²) < 4.78 is 49.4. The van der Waals surface area contributed by atoms with Gasteiger partial charge in [-0.3, -0.25) is 0 Å². The number of benzene rings is 2. The summed E-state index contributed by atoms with van der Waals surface area (Å²) in [5, 5.41) is 18.6. The molecule has 2 aromatic carbocycles. The first-order chi connectivity index (χ1) is 14.1. The van der Waals surface area contributed by atoms with Crippen LogP contribution in [0.4, 0.5) is 13.2 Å². The summed E-state index contributed by atoms with van der Waals surface area (Å²) in [5.41, 5.74) is -1.03. The quantitative estimate of drug-likeness (QED) is 0.596. The van der Waals surface area contributed by atoms with Crippen molar-refractivity contribution in [2.24, 2.45) is 0 Å². The summed E-state index contributed by atoms with van der Waals surface area (Å²) in [6.45, 7) is -1.37. The molecule has 0 saturated carbocycles. The van der Waals surface area contributed by atoms with Crippen LogP contribution in [0.5, 0.6) is 11.6 Å². The number of halogens is 3. The van der Waals surface area contributed by atoms with E-state index in [1.807, 2.05) is 0 Å². The average Bonchev–Trinajstić information content (AvgIpc) is 2.69. The summed E-state index contributed by atoms with van der Waals surface area (Å²) in [7, 11) is 0. The zero-order valence-corrected chi connectivity index (χ0v) is 15.0. The number of hydrogen-bond donors (Lipinski definition) is 2. The largest absolute Gasteiger partial charge is 0.482 e. The van der Waals surface area contributed by atoms with Gasteiger partial charge in [-0.05, 0) is 29.0 Å². The van der Waals surface area contributed by atoms with Crippen molar-refractivity contribution in [1.82, 2.24) is 9.97 Å². The predicted octanol–water partition coefficient (Wildman–Crippen LogP) is 3.24. The highest BCUT2D eigenvalue weighted by Gasteiger charge is 2.34. The number of aromatic nitrogens is 2. The average molecular weight is 422 g/mol. The Morgan fingerprint density at radius 2 is 1.50 bits per heavy atom. The molecule has 0 spiro atoms. The Morgan fingerprint density at radius 3 is 2.17 bits per heavy atom. The van der Waals surface area contributed by atoms with Gasteiger partial charge in [-0.25, -0.2) is 14.6 Å². The van der Waals surface area contributed by atoms with E-state index in [9.17, 15) is 22.8 Å². The van der Waals surface area contributed by atoms with Gasteiger partial charge in [0.2, 0.25) is 5.88 Å². The van der Waals surface area contributed by atoms with Crippen molar-refractivity contribution in [3.8, 4) is 23.0 Å². The summed E-state index contributed by atoms with van der Waals surface area (Å²) >= 11 is 0. The van der Waals surface area contributed by atoms with Crippen molar-refractivity contribution < 1.29 is 42.4 Å². The van der Waals surface area contributed by atoms with Crippen molar-refractivity contribution in [3.05, 3.63) is 48.2 Å². The van der Waals surface area contributed by atoms with Crippen molar-refractivity contribution >= 4 is 22.7 Å². The highest BCUT2D eigenvalue weighted by Crippen LogP contribution is 2.32. The fourth-order valence-corrected chi connectivity index (χ4v) is 2.51. The number of ether oxygens (including phenoxy) is 2. The van der Waals surface area contributed by atoms with Crippen LogP contribution in [0.3, 0.4) is 0 Å². The molecule has 2 N–H and O–H groups in total. The molecule has 3 rings (SSSR count). The second-order valence-corrected chi connectivity index (χ2v) is 6.00. The van der Waals surface area contributed by atoms with Crippen molar-refractivity contribution in [2.75, 3.05) is 13.2 Å². The van der Waals surface area contributed by atoms with Crippen molar-refractivity contribution in [1.29, 1.82) is 0 Å². The standard InChI is InChI=1S/C19H13F3N2O6/c20-19(21,22)14-7-15(30-9-17(27)28)24-18(23-14)12-2-1-11-6-13(29-8-16(25)26)4-3-10(11)5-12/h1-7H,8-9H2,(H,25,26)(H,27,28). The number of hydrogen-bond acceptors (Lipinski definition) is 6. The first-order valence-electron chi connectivity index (χ1n) is 8.31. The van der Waals surface area contributed by atoms with E-state index in [1.165, 1.54) is 18.2 Å². The predicted molar refractivity (Wildman–Crippen MR) is 96.2 cm³/mol. The van der Waals surface area contributed by atoms with Crippen molar-refractivity contribution in [2.45, 2.75) is 6.18 Å². The smallest absolute Gasteiger partial charge is 0.433 e. The number of nitrogens with zero attached hydrogens (tertiary/aromatic N) is 2. The number of carbonyl (C=O) groups is 2. The molecule has 0 aliphatic carbocycles. The third kappa shape index (κ3) is 5.13. The molecule has 0 saturated heterocycles. The zero-order valence-electron chi connectivity index (χ0n) is 15.0. The molecule has 0 aliphatic heterocycles. The molecule has 0 fully saturated rings. The molecule has 8 nitrogen and oxygen atoms in total. The zero-order chi connectivity index (χ0) is 21.9. The topological polar surface area (TPSA) is 119 Å². The normalized spacial score (nSPS) is 11.3. The Morgan fingerprint density at radius 1 is 0.867 bits per heavy atom. The van der Waals surface area contributed by atoms with E-state index in [-0.39, 0.29) is 11.4 Å². The minimum Gasteiger partial charge on any atom is -0.482 e. The van der Waals surface area contributed by atoms with Gasteiger partial charge in [0.25, 0.3) is 0 Å². The Kier molecular flexibility index (Phi) is 5.72. The molecule has 11 heteroatoms. The fraction of sp³-hybridized carbons (Fsp3) is 0.158. The molecule has 0 aliphatic rings. The van der Waals surface area contributed by atoms with Gasteiger partial charge in [-0.1, -0.05) is 18.2 Å². The number of rotatable bonds is 7. The molecule has 3 aromatic rings. The minimum absolute atomic E-state index is 0.243. The highest BCUT2D eigenvalue weighted by molar-refractivity contribution is 5.87. The van der Waals surface area contributed by atoms with Gasteiger partial charge >= 0.3 is 18.1 Å². The van der Waals surface area contributed by atoms with Gasteiger partial charge in [0.05, 0.1) is 0 Å². The number of alkyl halides is 3. The number of aliphatic carboxylic acids is 2. The molecule has 30 heavy (non-hydrogen) atoms. The molecule has 0 amide bonds. The van der Waals surface area contributed by atoms with Gasteiger partial charge < -0.3 is 19.7 Å². The molecular weight excluding hydrogens is 409 g/mol. The van der Waals surface area contributed by atoms with E-state index in [4.69, 9.17) is 19.7 Å². The van der Waals surface area contributed by atoms with E-state index < -0.39 is 42.9 Å². The molecule has 156 valence electrons. The van der Waals surface area contributed by atoms with E-state index >= 15 is 0 Å². The Labute approximate surface area is 166 Å². The van der Waals surface area contributed by atoms with Gasteiger partial charge in [0.1, 0.15) is 5.75 Å². The third-order valence-corrected chi connectivity index (χ3v) is 3.77. The maximum absolute atomic E-state index is 13.2. The SMILES string of the molecule is O=C(O)COc1ccc2cc(-c3nc(OCC(=O)O)cc(C(F)(F)F)n3)ccc2c1. The van der Waals surface area contributed by atoms with Crippen LogP contribution in [0, 0.1) is 0 Å². The second-order valence-electron chi connectivity index (χ2n) is 6.00. The summed E-state index contributed by atoms with van der Waals surface area (Å²) in [5.74, 6) is -2.99. The van der Waals surface area contributed by atoms with Crippen LogP contribution in [0.2, 0.25) is 0 Å². The number of fused-ring (bicyclic) bond motifs is 1. The first kappa shape index (κ1) is 20.8. The van der Waals surface area contributed by atoms with Crippen LogP contribution >= 0.6 is 0 Å². The molecule has 0 radical (unpaired) electrons. The lowest BCUT2D eigenvalue weighted by Crippen LogP contribution is -2.14. The monoisotopic (exact) mass is 422 g/mol. The minimum atomic E-state index is -4.79. The third-order valence-electron chi connectivity index (χ3n) is 3.77. The first-order valence-corrected chi connectivity index (χ1v) is 8.31. The molecule has 0 bridgehead atoms. The number of carboxylic acid groups (broad SMARTS) is 2. The fourth-order valence-electron chi connectivity index (χ4n) is 2.51. The van der Waals surface area contributed by atoms with Crippen LogP contribution in [-0.2, 0) is 15.8 Å². The van der Waals surface area contributed by atoms with E-state index in [0.717, 1.165) is 0 Å². The van der Waals surface area contributed by atoms with Gasteiger partial charge in [-0.2, -0.15) is 18.2 Å². The summed E-state index contributed by atoms with van der Waals surface area (Å²) in [4.78, 5) is 28.6. The van der Waals surface area contributed by atoms with Crippen LogP contribution in [0.25, 0.3) is 22.2 Å². The van der Waals surface area contributed by atoms with Crippen LogP contribution < -0.4 is 9.47 Å². The molecule has 0 unspecified atom stereocenters. The molecular formula is C19H13F3N2O6. The van der Waals surface area contributed by atoms with E-state index in [1.54, 1.807) is 18.2 Å². The Balaban J connectivity index is 1.98. The maximum atomic E-state index is 13.2. The van der Waals surface area contributed by atoms with E-state index in [0.29, 0.717) is 22.6 Å². The lowest BCUT2D eigenvalue weighted by atomic mass is 10.1. The lowest BCUT2D eigenvalue weighted by Gasteiger charge is -2.11. The maximum Gasteiger partial charge on any atom is 0.433 e.